The van der Waals surface area contributed by atoms with E-state index < -0.39 is 0 Å². The second kappa shape index (κ2) is 7.22. The summed E-state index contributed by atoms with van der Waals surface area (Å²) >= 11 is 0. The van der Waals surface area contributed by atoms with Crippen molar-refractivity contribution in [2.24, 2.45) is 5.73 Å². The highest BCUT2D eigenvalue weighted by Gasteiger charge is 2.15. The van der Waals surface area contributed by atoms with Crippen LogP contribution in [0.1, 0.15) is 19.1 Å². The second-order valence-corrected chi connectivity index (χ2v) is 5.34. The van der Waals surface area contributed by atoms with Crippen LogP contribution in [0, 0.1) is 5.82 Å². The molecule has 2 rings (SSSR count). The van der Waals surface area contributed by atoms with Gasteiger partial charge in [-0.25, -0.2) is 4.39 Å². The van der Waals surface area contributed by atoms with Gasteiger partial charge in [0.05, 0.1) is 5.56 Å². The van der Waals surface area contributed by atoms with Crippen LogP contribution in [-0.4, -0.2) is 30.4 Å². The van der Waals surface area contributed by atoms with Gasteiger partial charge in [0.15, 0.2) is 0 Å². The van der Waals surface area contributed by atoms with Crippen molar-refractivity contribution in [1.29, 1.82) is 0 Å². The normalized spacial score (nSPS) is 12.2. The minimum absolute atomic E-state index is 0.0121. The fourth-order valence-corrected chi connectivity index (χ4v) is 2.13. The number of nitrogens with zero attached hydrogens (tertiary/aromatic N) is 1. The van der Waals surface area contributed by atoms with Crippen molar-refractivity contribution in [2.45, 2.75) is 25.8 Å². The van der Waals surface area contributed by atoms with Crippen LogP contribution < -0.4 is 5.73 Å². The quantitative estimate of drug-likeness (QED) is 0.892. The molecule has 0 bridgehead atoms. The van der Waals surface area contributed by atoms with Crippen LogP contribution in [0.3, 0.4) is 0 Å². The van der Waals surface area contributed by atoms with Crippen LogP contribution in [0.15, 0.2) is 40.8 Å². The van der Waals surface area contributed by atoms with E-state index in [-0.39, 0.29) is 17.8 Å². The number of nitrogens with two attached hydrogens (primary N) is 1. The topological polar surface area (TPSA) is 59.5 Å². The van der Waals surface area contributed by atoms with E-state index in [1.54, 1.807) is 42.3 Å². The number of likely N-dealkylation sites (N-methyl/N-ethyl adjacent to an activating group) is 1. The lowest BCUT2D eigenvalue weighted by molar-refractivity contribution is -0.131. The number of hydrogen-bond acceptors (Lipinski definition) is 3. The third-order valence-electron chi connectivity index (χ3n) is 3.78. The van der Waals surface area contributed by atoms with Gasteiger partial charge in [-0.15, -0.1) is 0 Å². The first-order chi connectivity index (χ1) is 10.5. The first-order valence-electron chi connectivity index (χ1n) is 7.32. The molecule has 0 saturated heterocycles. The summed E-state index contributed by atoms with van der Waals surface area (Å²) in [7, 11) is 1.74. The molecule has 22 heavy (non-hydrogen) atoms. The van der Waals surface area contributed by atoms with Crippen LogP contribution >= 0.6 is 0 Å². The van der Waals surface area contributed by atoms with Gasteiger partial charge < -0.3 is 15.1 Å². The number of carbonyl (C=O) groups is 1. The van der Waals surface area contributed by atoms with Crippen molar-refractivity contribution in [3.05, 3.63) is 48.0 Å². The third-order valence-corrected chi connectivity index (χ3v) is 3.78. The zero-order valence-electron chi connectivity index (χ0n) is 12.9. The van der Waals surface area contributed by atoms with E-state index in [1.807, 2.05) is 6.92 Å². The number of carbonyl (C=O) groups excluding carboxylic acids is 1. The van der Waals surface area contributed by atoms with Crippen molar-refractivity contribution in [3.63, 3.8) is 0 Å². The lowest BCUT2D eigenvalue weighted by Gasteiger charge is -2.23. The first kappa shape index (κ1) is 16.2. The molecule has 0 aliphatic rings. The molecule has 0 fully saturated rings. The number of amides is 1. The zero-order chi connectivity index (χ0) is 16.1. The van der Waals surface area contributed by atoms with Crippen LogP contribution in [0.2, 0.25) is 0 Å². The van der Waals surface area contributed by atoms with Crippen LogP contribution in [0.5, 0.6) is 0 Å². The summed E-state index contributed by atoms with van der Waals surface area (Å²) < 4.78 is 19.3. The van der Waals surface area contributed by atoms with Crippen molar-refractivity contribution < 1.29 is 13.6 Å². The maximum atomic E-state index is 13.7. The Morgan fingerprint density at radius 2 is 2.05 bits per heavy atom. The molecule has 0 aliphatic carbocycles. The molecule has 0 saturated carbocycles. The molecule has 0 spiro atoms. The Bertz CT molecular complexity index is 639. The predicted molar refractivity (Wildman–Crippen MR) is 83.7 cm³/mol. The SMILES string of the molecule is CC(CN)N(C)C(=O)CCc1ccc(-c2ccccc2F)o1. The van der Waals surface area contributed by atoms with E-state index in [9.17, 15) is 9.18 Å². The Hall–Kier alpha value is -2.14. The summed E-state index contributed by atoms with van der Waals surface area (Å²) in [6.45, 7) is 2.33. The Morgan fingerprint density at radius 1 is 1.32 bits per heavy atom. The minimum atomic E-state index is -0.323. The molecule has 1 aromatic carbocycles. The van der Waals surface area contributed by atoms with E-state index >= 15 is 0 Å². The molecular formula is C17H21FN2O2. The molecule has 1 unspecified atom stereocenters. The zero-order valence-corrected chi connectivity index (χ0v) is 12.9. The van der Waals surface area contributed by atoms with Gasteiger partial charge in [0.1, 0.15) is 17.3 Å². The lowest BCUT2D eigenvalue weighted by Crippen LogP contribution is -2.39. The van der Waals surface area contributed by atoms with Gasteiger partial charge >= 0.3 is 0 Å². The summed E-state index contributed by atoms with van der Waals surface area (Å²) in [6, 6.07) is 9.97. The number of aryl methyl sites for hydroxylation is 1. The first-order valence-corrected chi connectivity index (χ1v) is 7.32. The predicted octanol–water partition coefficient (Wildman–Crippen LogP) is 2.82. The molecule has 1 aromatic heterocycles. The number of rotatable bonds is 6. The number of halogens is 1. The number of benzene rings is 1. The fraction of sp³-hybridized carbons (Fsp3) is 0.353. The molecule has 0 aliphatic heterocycles. The van der Waals surface area contributed by atoms with E-state index in [4.69, 9.17) is 10.2 Å². The van der Waals surface area contributed by atoms with Gasteiger partial charge in [-0.3, -0.25) is 4.79 Å². The van der Waals surface area contributed by atoms with E-state index in [0.29, 0.717) is 36.5 Å². The van der Waals surface area contributed by atoms with Crippen molar-refractivity contribution in [2.75, 3.05) is 13.6 Å². The molecule has 1 atom stereocenters. The van der Waals surface area contributed by atoms with Crippen molar-refractivity contribution in [3.8, 4) is 11.3 Å². The van der Waals surface area contributed by atoms with Gasteiger partial charge in [0.25, 0.3) is 0 Å². The summed E-state index contributed by atoms with van der Waals surface area (Å²) in [4.78, 5) is 13.7. The fourth-order valence-electron chi connectivity index (χ4n) is 2.13. The highest BCUT2D eigenvalue weighted by atomic mass is 19.1. The van der Waals surface area contributed by atoms with Crippen molar-refractivity contribution in [1.82, 2.24) is 4.90 Å². The molecule has 118 valence electrons. The monoisotopic (exact) mass is 304 g/mol. The van der Waals surface area contributed by atoms with E-state index in [0.717, 1.165) is 0 Å². The highest BCUT2D eigenvalue weighted by Crippen LogP contribution is 2.25. The summed E-state index contributed by atoms with van der Waals surface area (Å²) in [5.74, 6) is 0.836. The van der Waals surface area contributed by atoms with Gasteiger partial charge in [0, 0.05) is 32.5 Å². The van der Waals surface area contributed by atoms with Crippen LogP contribution in [0.4, 0.5) is 4.39 Å². The molecule has 1 heterocycles. The number of hydrogen-bond donors (Lipinski definition) is 1. The number of furan rings is 1. The van der Waals surface area contributed by atoms with Crippen LogP contribution in [0.25, 0.3) is 11.3 Å². The Labute approximate surface area is 129 Å². The van der Waals surface area contributed by atoms with Gasteiger partial charge in [0.2, 0.25) is 5.91 Å². The largest absolute Gasteiger partial charge is 0.461 e. The minimum Gasteiger partial charge on any atom is -0.461 e. The Kier molecular flexibility index (Phi) is 5.33. The van der Waals surface area contributed by atoms with Gasteiger partial charge in [-0.1, -0.05) is 12.1 Å². The molecule has 5 heteroatoms. The Morgan fingerprint density at radius 3 is 2.73 bits per heavy atom. The molecule has 2 N–H and O–H groups in total. The smallest absolute Gasteiger partial charge is 0.223 e. The molecule has 4 nitrogen and oxygen atoms in total. The molecule has 2 aromatic rings. The summed E-state index contributed by atoms with van der Waals surface area (Å²) in [5.41, 5.74) is 5.98. The maximum absolute atomic E-state index is 13.7. The van der Waals surface area contributed by atoms with E-state index in [1.165, 1.54) is 6.07 Å². The molecule has 1 amide bonds. The Balaban J connectivity index is 1.99. The average molecular weight is 304 g/mol. The second-order valence-electron chi connectivity index (χ2n) is 5.34. The standard InChI is InChI=1S/C17H21FN2O2/c1-12(11-19)20(2)17(21)10-8-13-7-9-16(22-13)14-5-3-4-6-15(14)18/h3-7,9,12H,8,10-11,19H2,1-2H3. The lowest BCUT2D eigenvalue weighted by atomic mass is 10.1. The van der Waals surface area contributed by atoms with E-state index in [2.05, 4.69) is 0 Å². The van der Waals surface area contributed by atoms with Crippen LogP contribution in [-0.2, 0) is 11.2 Å². The third kappa shape index (κ3) is 3.74. The van der Waals surface area contributed by atoms with Crippen molar-refractivity contribution >= 4 is 5.91 Å². The average Bonchev–Trinajstić information content (AvgIpc) is 3.00. The summed E-state index contributed by atoms with van der Waals surface area (Å²) in [6.07, 6.45) is 0.819. The molecular weight excluding hydrogens is 283 g/mol. The summed E-state index contributed by atoms with van der Waals surface area (Å²) in [5, 5.41) is 0. The maximum Gasteiger partial charge on any atom is 0.223 e. The highest BCUT2D eigenvalue weighted by molar-refractivity contribution is 5.76. The van der Waals surface area contributed by atoms with Gasteiger partial charge in [-0.2, -0.15) is 0 Å². The van der Waals surface area contributed by atoms with Gasteiger partial charge in [-0.05, 0) is 31.2 Å². The molecule has 0 radical (unpaired) electrons.